The molecule has 0 atom stereocenters. The smallest absolute Gasteiger partial charge is 0.212 e. The maximum Gasteiger partial charge on any atom is 0.212 e. The van der Waals surface area contributed by atoms with Gasteiger partial charge in [-0.05, 0) is 18.4 Å². The Morgan fingerprint density at radius 2 is 2.20 bits per heavy atom. The number of fused-ring (bicyclic) bond motifs is 1. The van der Waals surface area contributed by atoms with E-state index in [1.54, 1.807) is 5.01 Å². The molecule has 1 aromatic carbocycles. The number of benzene rings is 1. The first kappa shape index (κ1) is 12.5. The highest BCUT2D eigenvalue weighted by molar-refractivity contribution is 6.09. The molecule has 2 aliphatic rings. The largest absolute Gasteiger partial charge is 0.409 e. The summed E-state index contributed by atoms with van der Waals surface area (Å²) in [6, 6.07) is 5.73. The summed E-state index contributed by atoms with van der Waals surface area (Å²) in [5.74, 6) is 0.587. The van der Waals surface area contributed by atoms with Gasteiger partial charge in [0.05, 0.1) is 18.8 Å². The van der Waals surface area contributed by atoms with Gasteiger partial charge < -0.3 is 16.7 Å². The fraction of sp³-hybridized carbons (Fsp3) is 0.308. The molecule has 1 aliphatic heterocycles. The Hall–Kier alpha value is -2.57. The van der Waals surface area contributed by atoms with Gasteiger partial charge in [0.15, 0.2) is 5.84 Å². The van der Waals surface area contributed by atoms with Crippen LogP contribution in [0.15, 0.2) is 33.4 Å². The number of hydrazone groups is 1. The fourth-order valence-electron chi connectivity index (χ4n) is 2.60. The number of nitrogens with zero attached hydrogens (tertiary/aromatic N) is 4. The molecule has 0 aromatic heterocycles. The van der Waals surface area contributed by atoms with Crippen LogP contribution in [0.3, 0.4) is 0 Å². The normalized spacial score (nSPS) is 20.4. The van der Waals surface area contributed by atoms with Crippen molar-refractivity contribution in [1.82, 2.24) is 5.01 Å². The number of amidine groups is 1. The van der Waals surface area contributed by atoms with Crippen LogP contribution in [-0.4, -0.2) is 40.8 Å². The van der Waals surface area contributed by atoms with Crippen LogP contribution in [0.1, 0.15) is 23.1 Å². The Kier molecular flexibility index (Phi) is 3.02. The molecule has 0 spiro atoms. The van der Waals surface area contributed by atoms with Crippen LogP contribution in [0.25, 0.3) is 0 Å². The predicted octanol–water partition coefficient (Wildman–Crippen LogP) is 0.0617. The lowest BCUT2D eigenvalue weighted by Gasteiger charge is -2.12. The summed E-state index contributed by atoms with van der Waals surface area (Å²) in [5.41, 5.74) is 15.3. The van der Waals surface area contributed by atoms with Gasteiger partial charge in [0, 0.05) is 11.1 Å². The molecule has 7 nitrogen and oxygen atoms in total. The van der Waals surface area contributed by atoms with Gasteiger partial charge in [-0.1, -0.05) is 23.4 Å². The van der Waals surface area contributed by atoms with Gasteiger partial charge >= 0.3 is 0 Å². The van der Waals surface area contributed by atoms with Crippen molar-refractivity contribution >= 4 is 17.5 Å². The van der Waals surface area contributed by atoms with Crippen LogP contribution >= 0.6 is 0 Å². The quantitative estimate of drug-likeness (QED) is 0.306. The predicted molar refractivity (Wildman–Crippen MR) is 77.0 cm³/mol. The first-order valence-corrected chi connectivity index (χ1v) is 6.46. The molecule has 0 bridgehead atoms. The second kappa shape index (κ2) is 4.84. The molecule has 1 aliphatic carbocycles. The second-order valence-electron chi connectivity index (χ2n) is 4.73. The number of nitrogens with two attached hydrogens (primary N) is 2. The van der Waals surface area contributed by atoms with Crippen LogP contribution in [0.4, 0.5) is 0 Å². The van der Waals surface area contributed by atoms with E-state index in [1.165, 1.54) is 0 Å². The molecule has 1 aromatic rings. The van der Waals surface area contributed by atoms with E-state index in [1.807, 2.05) is 18.2 Å². The molecule has 1 heterocycles. The first-order valence-electron chi connectivity index (χ1n) is 6.46. The Balaban J connectivity index is 1.99. The minimum atomic E-state index is 0.130. The van der Waals surface area contributed by atoms with Crippen LogP contribution < -0.4 is 11.5 Å². The van der Waals surface area contributed by atoms with Gasteiger partial charge in [-0.3, -0.25) is 0 Å². The Labute approximate surface area is 116 Å². The minimum absolute atomic E-state index is 0.130. The number of hydrogen-bond acceptors (Lipinski definition) is 6. The van der Waals surface area contributed by atoms with E-state index >= 15 is 0 Å². The van der Waals surface area contributed by atoms with Gasteiger partial charge in [-0.2, -0.15) is 5.10 Å². The summed E-state index contributed by atoms with van der Waals surface area (Å²) in [7, 11) is 0. The van der Waals surface area contributed by atoms with Gasteiger partial charge in [-0.25, -0.2) is 10.0 Å². The van der Waals surface area contributed by atoms with Gasteiger partial charge in [0.1, 0.15) is 0 Å². The molecule has 20 heavy (non-hydrogen) atoms. The Morgan fingerprint density at radius 1 is 1.35 bits per heavy atom. The summed E-state index contributed by atoms with van der Waals surface area (Å²) >= 11 is 0. The molecule has 0 amide bonds. The van der Waals surface area contributed by atoms with E-state index in [4.69, 9.17) is 16.7 Å². The lowest BCUT2D eigenvalue weighted by atomic mass is 10.0. The van der Waals surface area contributed by atoms with Crippen LogP contribution in [0, 0.1) is 0 Å². The van der Waals surface area contributed by atoms with Crippen molar-refractivity contribution in [3.63, 3.8) is 0 Å². The van der Waals surface area contributed by atoms with Crippen molar-refractivity contribution in [3.05, 3.63) is 34.9 Å². The standard InChI is InChI=1S/C13H16N6O/c14-12(18-20)10-3-1-2-9-8(10)4-5-11(9)17-19-7-6-16-13(19)15/h1-3,20H,4-7H2,(H2,14,18)(H2,15,16). The number of oxime groups is 1. The summed E-state index contributed by atoms with van der Waals surface area (Å²) in [6.07, 6.45) is 1.64. The van der Waals surface area contributed by atoms with Crippen molar-refractivity contribution < 1.29 is 5.21 Å². The fourth-order valence-corrected chi connectivity index (χ4v) is 2.60. The molecule has 0 saturated heterocycles. The number of rotatable bonds is 2. The molecule has 5 N–H and O–H groups in total. The van der Waals surface area contributed by atoms with Crippen molar-refractivity contribution in [2.45, 2.75) is 12.8 Å². The summed E-state index contributed by atoms with van der Waals surface area (Å²) in [5, 5.41) is 18.2. The van der Waals surface area contributed by atoms with Crippen LogP contribution in [-0.2, 0) is 6.42 Å². The van der Waals surface area contributed by atoms with E-state index < -0.39 is 0 Å². The summed E-state index contributed by atoms with van der Waals surface area (Å²) in [6.45, 7) is 1.39. The average molecular weight is 272 g/mol. The van der Waals surface area contributed by atoms with E-state index in [0.717, 1.165) is 35.2 Å². The maximum absolute atomic E-state index is 8.84. The van der Waals surface area contributed by atoms with Gasteiger partial charge in [0.2, 0.25) is 5.96 Å². The van der Waals surface area contributed by atoms with Gasteiger partial charge in [-0.15, -0.1) is 0 Å². The highest BCUT2D eigenvalue weighted by atomic mass is 16.4. The zero-order chi connectivity index (χ0) is 14.1. The van der Waals surface area contributed by atoms with Crippen molar-refractivity contribution in [3.8, 4) is 0 Å². The third-order valence-corrected chi connectivity index (χ3v) is 3.57. The van der Waals surface area contributed by atoms with Crippen molar-refractivity contribution in [1.29, 1.82) is 0 Å². The minimum Gasteiger partial charge on any atom is -0.409 e. The molecular weight excluding hydrogens is 256 g/mol. The molecule has 0 saturated carbocycles. The molecule has 3 rings (SSSR count). The third kappa shape index (κ3) is 1.97. The summed E-state index contributed by atoms with van der Waals surface area (Å²) < 4.78 is 0. The SMILES string of the molecule is NC(=NO)c1cccc2c1CCC2=NN1CCN=C1N. The lowest BCUT2D eigenvalue weighted by Crippen LogP contribution is -2.30. The maximum atomic E-state index is 8.84. The molecule has 0 fully saturated rings. The Bertz CT molecular complexity index is 634. The highest BCUT2D eigenvalue weighted by Gasteiger charge is 2.24. The topological polar surface area (TPSA) is 113 Å². The van der Waals surface area contributed by atoms with Gasteiger partial charge in [0.25, 0.3) is 0 Å². The Morgan fingerprint density at radius 3 is 2.90 bits per heavy atom. The third-order valence-electron chi connectivity index (χ3n) is 3.57. The zero-order valence-electron chi connectivity index (χ0n) is 11.0. The zero-order valence-corrected chi connectivity index (χ0v) is 11.0. The summed E-state index contributed by atoms with van der Waals surface area (Å²) in [4.78, 5) is 4.12. The van der Waals surface area contributed by atoms with Crippen LogP contribution in [0.2, 0.25) is 0 Å². The average Bonchev–Trinajstić information content (AvgIpc) is 3.06. The molecule has 104 valence electrons. The highest BCUT2D eigenvalue weighted by Crippen LogP contribution is 2.26. The van der Waals surface area contributed by atoms with E-state index in [9.17, 15) is 0 Å². The first-order chi connectivity index (χ1) is 9.70. The van der Waals surface area contributed by atoms with E-state index in [-0.39, 0.29) is 5.84 Å². The number of aliphatic imine (C=N–C) groups is 1. The number of guanidine groups is 1. The van der Waals surface area contributed by atoms with Crippen LogP contribution in [0.5, 0.6) is 0 Å². The molecule has 7 heteroatoms. The van der Waals surface area contributed by atoms with Crippen molar-refractivity contribution in [2.75, 3.05) is 13.1 Å². The molecule has 0 unspecified atom stereocenters. The lowest BCUT2D eigenvalue weighted by molar-refractivity contribution is 0.318. The van der Waals surface area contributed by atoms with E-state index in [0.29, 0.717) is 19.0 Å². The van der Waals surface area contributed by atoms with Crippen molar-refractivity contribution in [2.24, 2.45) is 26.7 Å². The second-order valence-corrected chi connectivity index (χ2v) is 4.73. The monoisotopic (exact) mass is 272 g/mol. The number of hydrogen-bond donors (Lipinski definition) is 3. The molecular formula is C13H16N6O. The van der Waals surface area contributed by atoms with E-state index in [2.05, 4.69) is 15.2 Å². The molecule has 0 radical (unpaired) electrons.